The van der Waals surface area contributed by atoms with Crippen molar-refractivity contribution in [3.8, 4) is 0 Å². The number of H-pyrrole nitrogens is 3. The summed E-state index contributed by atoms with van der Waals surface area (Å²) in [5.41, 5.74) is 30.4. The van der Waals surface area contributed by atoms with Crippen LogP contribution < -0.4 is 49.1 Å². The van der Waals surface area contributed by atoms with E-state index in [1.165, 1.54) is 0 Å². The molecule has 0 saturated heterocycles. The molecule has 18 heteroatoms. The van der Waals surface area contributed by atoms with Crippen molar-refractivity contribution in [3.05, 3.63) is 196 Å². The minimum absolute atomic E-state index is 0.0995. The summed E-state index contributed by atoms with van der Waals surface area (Å²) < 4.78 is 0. The molecule has 0 aliphatic heterocycles. The van der Waals surface area contributed by atoms with E-state index in [4.69, 9.17) is 17.2 Å². The standard InChI is InChI=1S/C70H82N12O6/c1-43-13-28-55-49(40-74-61(55)34-43)37-64(83)80-58(10-4-7-31-71)68(86)77-52-22-16-46(17-23-52)67(47-18-24-53(25-19-47)78-69(87)59(11-5-8-32-72)81-65(84)38-50-41-75-62-35-44(2)14-29-56(50)62)48-20-26-54(27-21-48)79-70(88)60(12-6-9-33-73)82-66(85)39-51-42-76-63-36-45(3)15-30-57(51)63/h13-30,34-36,40-42,58-60,67,74-76H,4-12,31-33,37-39,71-73H2,1-3H3,(H,77,86)(H,78,87)(H,79,88)(H,80,83)(H,81,84)(H,82,85)/t58-,59-,60-/m1/s1. The van der Waals surface area contributed by atoms with Gasteiger partial charge in [0.25, 0.3) is 0 Å². The summed E-state index contributed by atoms with van der Waals surface area (Å²) in [5, 5.41) is 20.9. The first-order chi connectivity index (χ1) is 42.6. The summed E-state index contributed by atoms with van der Waals surface area (Å²) in [6, 6.07) is 38.2. The molecule has 3 aromatic heterocycles. The number of hydrogen-bond acceptors (Lipinski definition) is 9. The van der Waals surface area contributed by atoms with Crippen LogP contribution in [0.1, 0.15) is 114 Å². The fraction of sp³-hybridized carbons (Fsp3) is 0.314. The van der Waals surface area contributed by atoms with Crippen LogP contribution in [-0.4, -0.2) is 88.2 Å². The molecular formula is C70H82N12O6. The average molecular weight is 1190 g/mol. The molecule has 458 valence electrons. The third-order valence-corrected chi connectivity index (χ3v) is 16.2. The van der Waals surface area contributed by atoms with Gasteiger partial charge in [0.15, 0.2) is 0 Å². The van der Waals surface area contributed by atoms with Crippen molar-refractivity contribution in [2.75, 3.05) is 35.6 Å². The second-order valence-corrected chi connectivity index (χ2v) is 23.1. The summed E-state index contributed by atoms with van der Waals surface area (Å²) in [6.45, 7) is 7.42. The SMILES string of the molecule is Cc1ccc2c(CC(=O)N[C@H](CCCCN)C(=O)Nc3ccc(C(c4ccc(NC(=O)[C@@H](CCCCN)NC(=O)Cc5c[nH]c6cc(C)ccc56)cc4)c4ccc(NC(=O)[C@@H](CCCCN)NC(=O)Cc5c[nH]c6cc(C)ccc56)cc4)cc3)c[nH]c2c1. The van der Waals surface area contributed by atoms with E-state index in [0.717, 1.165) is 82.8 Å². The molecular weight excluding hydrogens is 1100 g/mol. The summed E-state index contributed by atoms with van der Waals surface area (Å²) >= 11 is 0. The predicted octanol–water partition coefficient (Wildman–Crippen LogP) is 9.62. The summed E-state index contributed by atoms with van der Waals surface area (Å²) in [7, 11) is 0. The van der Waals surface area contributed by atoms with E-state index in [0.29, 0.717) is 94.5 Å². The highest BCUT2D eigenvalue weighted by Gasteiger charge is 2.26. The number of carbonyl (C=O) groups excluding carboxylic acids is 6. The van der Waals surface area contributed by atoms with Crippen molar-refractivity contribution < 1.29 is 28.8 Å². The summed E-state index contributed by atoms with van der Waals surface area (Å²) in [6.07, 6.45) is 11.0. The molecule has 9 aromatic rings. The number of unbranched alkanes of at least 4 members (excludes halogenated alkanes) is 3. The summed E-state index contributed by atoms with van der Waals surface area (Å²) in [4.78, 5) is 92.6. The molecule has 18 nitrogen and oxygen atoms in total. The summed E-state index contributed by atoms with van der Waals surface area (Å²) in [5.74, 6) is -2.25. The zero-order valence-electron chi connectivity index (χ0n) is 50.5. The van der Waals surface area contributed by atoms with Gasteiger partial charge in [-0.2, -0.15) is 0 Å². The van der Waals surface area contributed by atoms with Gasteiger partial charge in [-0.05, 0) is 203 Å². The van der Waals surface area contributed by atoms with Crippen LogP contribution in [0, 0.1) is 20.8 Å². The van der Waals surface area contributed by atoms with Gasteiger partial charge >= 0.3 is 0 Å². The number of aromatic nitrogens is 3. The molecule has 3 heterocycles. The number of anilines is 3. The van der Waals surface area contributed by atoms with E-state index < -0.39 is 18.1 Å². The number of hydrogen-bond donors (Lipinski definition) is 12. The van der Waals surface area contributed by atoms with Gasteiger partial charge in [0.05, 0.1) is 19.3 Å². The van der Waals surface area contributed by atoms with E-state index in [2.05, 4.69) is 46.9 Å². The first kappa shape index (κ1) is 63.2. The Balaban J connectivity index is 0.927. The topological polar surface area (TPSA) is 300 Å². The van der Waals surface area contributed by atoms with E-state index in [9.17, 15) is 28.8 Å². The van der Waals surface area contributed by atoms with Crippen LogP contribution in [0.2, 0.25) is 0 Å². The van der Waals surface area contributed by atoms with Crippen LogP contribution in [0.15, 0.2) is 146 Å². The first-order valence-corrected chi connectivity index (χ1v) is 30.6. The number of nitrogens with two attached hydrogens (primary N) is 3. The van der Waals surface area contributed by atoms with Crippen molar-refractivity contribution in [2.24, 2.45) is 17.2 Å². The van der Waals surface area contributed by atoms with Crippen LogP contribution in [0.5, 0.6) is 0 Å². The van der Waals surface area contributed by atoms with Gasteiger partial charge in [0, 0.05) is 74.3 Å². The fourth-order valence-corrected chi connectivity index (χ4v) is 11.4. The number of amides is 6. The molecule has 0 spiro atoms. The lowest BCUT2D eigenvalue weighted by atomic mass is 9.85. The molecule has 3 atom stereocenters. The molecule has 0 aliphatic rings. The molecule has 0 bridgehead atoms. The fourth-order valence-electron chi connectivity index (χ4n) is 11.4. The van der Waals surface area contributed by atoms with Crippen LogP contribution in [-0.2, 0) is 48.0 Å². The minimum atomic E-state index is -0.809. The van der Waals surface area contributed by atoms with E-state index in [1.807, 2.05) is 167 Å². The molecule has 6 aromatic carbocycles. The number of aromatic amines is 3. The number of benzene rings is 6. The monoisotopic (exact) mass is 1190 g/mol. The zero-order valence-corrected chi connectivity index (χ0v) is 50.5. The van der Waals surface area contributed by atoms with Gasteiger partial charge in [0.1, 0.15) is 18.1 Å². The zero-order chi connectivity index (χ0) is 62.1. The van der Waals surface area contributed by atoms with Gasteiger partial charge in [-0.25, -0.2) is 0 Å². The Bertz CT molecular complexity index is 3470. The van der Waals surface area contributed by atoms with Gasteiger partial charge < -0.3 is 64.1 Å². The highest BCUT2D eigenvalue weighted by atomic mass is 16.2. The van der Waals surface area contributed by atoms with E-state index in [1.54, 1.807) is 0 Å². The smallest absolute Gasteiger partial charge is 0.246 e. The molecule has 0 unspecified atom stereocenters. The van der Waals surface area contributed by atoms with Crippen LogP contribution in [0.3, 0.4) is 0 Å². The second kappa shape index (κ2) is 30.3. The first-order valence-electron chi connectivity index (χ1n) is 30.6. The number of fused-ring (bicyclic) bond motifs is 3. The normalized spacial score (nSPS) is 12.4. The Labute approximate surface area is 513 Å². The molecule has 15 N–H and O–H groups in total. The van der Waals surface area contributed by atoms with Gasteiger partial charge in [0.2, 0.25) is 35.4 Å². The molecule has 0 radical (unpaired) electrons. The number of rotatable bonds is 30. The van der Waals surface area contributed by atoms with Crippen molar-refractivity contribution in [1.82, 2.24) is 30.9 Å². The highest BCUT2D eigenvalue weighted by Crippen LogP contribution is 2.35. The minimum Gasteiger partial charge on any atom is -0.361 e. The molecule has 9 rings (SSSR count). The third kappa shape index (κ3) is 16.8. The lowest BCUT2D eigenvalue weighted by molar-refractivity contribution is -0.126. The van der Waals surface area contributed by atoms with Crippen molar-refractivity contribution in [1.29, 1.82) is 0 Å². The molecule has 0 aliphatic carbocycles. The van der Waals surface area contributed by atoms with Crippen LogP contribution in [0.4, 0.5) is 17.1 Å². The Morgan fingerprint density at radius 2 is 0.648 bits per heavy atom. The largest absolute Gasteiger partial charge is 0.361 e. The van der Waals surface area contributed by atoms with Crippen molar-refractivity contribution in [2.45, 2.75) is 122 Å². The maximum absolute atomic E-state index is 14.0. The van der Waals surface area contributed by atoms with E-state index in [-0.39, 0.29) is 60.6 Å². The molecule has 0 saturated carbocycles. The molecule has 88 heavy (non-hydrogen) atoms. The Hall–Kier alpha value is -9.36. The maximum atomic E-state index is 14.0. The molecule has 6 amide bonds. The number of carbonyl (C=O) groups is 6. The lowest BCUT2D eigenvalue weighted by Crippen LogP contribution is -2.44. The highest BCUT2D eigenvalue weighted by molar-refractivity contribution is 6.00. The van der Waals surface area contributed by atoms with Crippen molar-refractivity contribution in [3.63, 3.8) is 0 Å². The Morgan fingerprint density at radius 1 is 0.375 bits per heavy atom. The van der Waals surface area contributed by atoms with Gasteiger partial charge in [-0.3, -0.25) is 28.8 Å². The maximum Gasteiger partial charge on any atom is 0.246 e. The van der Waals surface area contributed by atoms with Gasteiger partial charge in [-0.1, -0.05) is 72.8 Å². The average Bonchev–Trinajstić information content (AvgIpc) is 2.69. The quantitative estimate of drug-likeness (QED) is 0.0150. The number of nitrogens with one attached hydrogen (secondary N) is 9. The Morgan fingerprint density at radius 3 is 0.909 bits per heavy atom. The van der Waals surface area contributed by atoms with Crippen LogP contribution >= 0.6 is 0 Å². The Kier molecular flexibility index (Phi) is 21.8. The third-order valence-electron chi connectivity index (χ3n) is 16.2. The number of aryl methyl sites for hydroxylation is 3. The molecule has 0 fully saturated rings. The van der Waals surface area contributed by atoms with Crippen molar-refractivity contribution >= 4 is 85.2 Å². The van der Waals surface area contributed by atoms with Gasteiger partial charge in [-0.15, -0.1) is 0 Å². The second-order valence-electron chi connectivity index (χ2n) is 23.1. The van der Waals surface area contributed by atoms with Crippen LogP contribution in [0.25, 0.3) is 32.7 Å². The van der Waals surface area contributed by atoms with E-state index >= 15 is 0 Å². The lowest BCUT2D eigenvalue weighted by Gasteiger charge is -2.22. The predicted molar refractivity (Wildman–Crippen MR) is 351 cm³/mol.